The third-order valence-corrected chi connectivity index (χ3v) is 3.52. The SMILES string of the molecule is CCC(CC)C(=O)NCC1Oc2ccccc2NC1=O. The number of amides is 2. The molecule has 5 heteroatoms. The number of hydrogen-bond acceptors (Lipinski definition) is 3. The number of ether oxygens (including phenoxy) is 1. The van der Waals surface area contributed by atoms with Crippen molar-refractivity contribution in [1.29, 1.82) is 0 Å². The van der Waals surface area contributed by atoms with Crippen LogP contribution in [0, 0.1) is 5.92 Å². The van der Waals surface area contributed by atoms with Crippen LogP contribution in [0.5, 0.6) is 5.75 Å². The van der Waals surface area contributed by atoms with Crippen molar-refractivity contribution >= 4 is 17.5 Å². The summed E-state index contributed by atoms with van der Waals surface area (Å²) in [6.07, 6.45) is 0.911. The minimum atomic E-state index is -0.678. The van der Waals surface area contributed by atoms with Gasteiger partial charge in [0.2, 0.25) is 5.91 Å². The van der Waals surface area contributed by atoms with E-state index < -0.39 is 6.10 Å². The second-order valence-electron chi connectivity index (χ2n) is 4.85. The molecule has 2 amide bonds. The summed E-state index contributed by atoms with van der Waals surface area (Å²) in [7, 11) is 0. The molecule has 0 aliphatic carbocycles. The number of benzene rings is 1. The van der Waals surface area contributed by atoms with Crippen LogP contribution in [0.15, 0.2) is 24.3 Å². The number of anilines is 1. The number of nitrogens with one attached hydrogen (secondary N) is 2. The van der Waals surface area contributed by atoms with E-state index in [2.05, 4.69) is 10.6 Å². The minimum Gasteiger partial charge on any atom is -0.477 e. The molecule has 5 nitrogen and oxygen atoms in total. The highest BCUT2D eigenvalue weighted by molar-refractivity contribution is 5.98. The quantitative estimate of drug-likeness (QED) is 0.863. The molecule has 2 rings (SSSR count). The number of carbonyl (C=O) groups is 2. The smallest absolute Gasteiger partial charge is 0.267 e. The van der Waals surface area contributed by atoms with Crippen molar-refractivity contribution in [1.82, 2.24) is 5.32 Å². The molecule has 1 heterocycles. The van der Waals surface area contributed by atoms with Crippen molar-refractivity contribution in [2.75, 3.05) is 11.9 Å². The Hall–Kier alpha value is -2.04. The maximum absolute atomic E-state index is 11.9. The van der Waals surface area contributed by atoms with Gasteiger partial charge in [0.15, 0.2) is 6.10 Å². The number of hydrogen-bond donors (Lipinski definition) is 2. The van der Waals surface area contributed by atoms with Crippen molar-refractivity contribution < 1.29 is 14.3 Å². The Balaban J connectivity index is 1.94. The highest BCUT2D eigenvalue weighted by atomic mass is 16.5. The number of fused-ring (bicyclic) bond motifs is 1. The molecular formula is C15H20N2O3. The fraction of sp³-hybridized carbons (Fsp3) is 0.467. The molecule has 1 unspecified atom stereocenters. The monoisotopic (exact) mass is 276 g/mol. The van der Waals surface area contributed by atoms with Gasteiger partial charge in [-0.1, -0.05) is 26.0 Å². The summed E-state index contributed by atoms with van der Waals surface area (Å²) in [6, 6.07) is 7.25. The van der Waals surface area contributed by atoms with Crippen LogP contribution in [0.1, 0.15) is 26.7 Å². The van der Waals surface area contributed by atoms with Crippen LogP contribution in [-0.2, 0) is 9.59 Å². The maximum Gasteiger partial charge on any atom is 0.267 e. The fourth-order valence-corrected chi connectivity index (χ4v) is 2.22. The van der Waals surface area contributed by atoms with Gasteiger partial charge in [-0.25, -0.2) is 0 Å². The molecule has 0 aromatic heterocycles. The van der Waals surface area contributed by atoms with Gasteiger partial charge < -0.3 is 15.4 Å². The summed E-state index contributed by atoms with van der Waals surface area (Å²) in [4.78, 5) is 23.8. The van der Waals surface area contributed by atoms with E-state index in [0.29, 0.717) is 11.4 Å². The van der Waals surface area contributed by atoms with E-state index in [4.69, 9.17) is 4.74 Å². The van der Waals surface area contributed by atoms with Gasteiger partial charge in [0.05, 0.1) is 12.2 Å². The molecule has 1 atom stereocenters. The van der Waals surface area contributed by atoms with Gasteiger partial charge in [-0.05, 0) is 25.0 Å². The summed E-state index contributed by atoms with van der Waals surface area (Å²) < 4.78 is 5.61. The molecule has 0 saturated carbocycles. The van der Waals surface area contributed by atoms with Crippen LogP contribution in [0.25, 0.3) is 0 Å². The summed E-state index contributed by atoms with van der Waals surface area (Å²) in [5.74, 6) is 0.377. The normalized spacial score (nSPS) is 17.1. The second kappa shape index (κ2) is 6.41. The van der Waals surface area contributed by atoms with Gasteiger partial charge in [-0.15, -0.1) is 0 Å². The van der Waals surface area contributed by atoms with E-state index >= 15 is 0 Å². The summed E-state index contributed by atoms with van der Waals surface area (Å²) in [5.41, 5.74) is 0.667. The molecule has 1 aromatic carbocycles. The fourth-order valence-electron chi connectivity index (χ4n) is 2.22. The molecule has 0 radical (unpaired) electrons. The van der Waals surface area contributed by atoms with Crippen molar-refractivity contribution in [3.63, 3.8) is 0 Å². The first-order valence-electron chi connectivity index (χ1n) is 7.00. The zero-order chi connectivity index (χ0) is 14.5. The molecule has 20 heavy (non-hydrogen) atoms. The lowest BCUT2D eigenvalue weighted by atomic mass is 10.0. The molecular weight excluding hydrogens is 256 g/mol. The van der Waals surface area contributed by atoms with Gasteiger partial charge in [0.1, 0.15) is 5.75 Å². The molecule has 1 aliphatic rings. The van der Waals surface area contributed by atoms with Gasteiger partial charge in [0.25, 0.3) is 5.91 Å². The van der Waals surface area contributed by atoms with Crippen molar-refractivity contribution in [3.05, 3.63) is 24.3 Å². The Morgan fingerprint density at radius 3 is 2.75 bits per heavy atom. The number of rotatable bonds is 5. The van der Waals surface area contributed by atoms with Crippen LogP contribution in [-0.4, -0.2) is 24.5 Å². The maximum atomic E-state index is 11.9. The van der Waals surface area contributed by atoms with Crippen LogP contribution >= 0.6 is 0 Å². The number of para-hydroxylation sites is 2. The molecule has 108 valence electrons. The van der Waals surface area contributed by atoms with Gasteiger partial charge in [-0.3, -0.25) is 9.59 Å². The minimum absolute atomic E-state index is 0.00561. The largest absolute Gasteiger partial charge is 0.477 e. The summed E-state index contributed by atoms with van der Waals surface area (Å²) in [6.45, 7) is 4.15. The van der Waals surface area contributed by atoms with E-state index in [0.717, 1.165) is 12.8 Å². The Labute approximate surface area is 118 Å². The predicted molar refractivity (Wildman–Crippen MR) is 76.6 cm³/mol. The van der Waals surface area contributed by atoms with Crippen LogP contribution in [0.4, 0.5) is 5.69 Å². The van der Waals surface area contributed by atoms with Crippen molar-refractivity contribution in [2.24, 2.45) is 5.92 Å². The lowest BCUT2D eigenvalue weighted by Crippen LogP contribution is -2.46. The second-order valence-corrected chi connectivity index (χ2v) is 4.85. The van der Waals surface area contributed by atoms with Gasteiger partial charge in [0, 0.05) is 5.92 Å². The molecule has 0 bridgehead atoms. The molecule has 0 fully saturated rings. The van der Waals surface area contributed by atoms with E-state index in [1.54, 1.807) is 12.1 Å². The molecule has 0 saturated heterocycles. The number of carbonyl (C=O) groups excluding carboxylic acids is 2. The van der Waals surface area contributed by atoms with Crippen LogP contribution in [0.3, 0.4) is 0 Å². The van der Waals surface area contributed by atoms with Crippen LogP contribution in [0.2, 0.25) is 0 Å². The Kier molecular flexibility index (Phi) is 4.61. The molecule has 1 aromatic rings. The van der Waals surface area contributed by atoms with E-state index in [-0.39, 0.29) is 24.3 Å². The zero-order valence-corrected chi connectivity index (χ0v) is 11.8. The first-order chi connectivity index (χ1) is 9.65. The highest BCUT2D eigenvalue weighted by Gasteiger charge is 2.28. The average molecular weight is 276 g/mol. The molecule has 1 aliphatic heterocycles. The van der Waals surface area contributed by atoms with E-state index in [1.807, 2.05) is 26.0 Å². The van der Waals surface area contributed by atoms with Crippen LogP contribution < -0.4 is 15.4 Å². The van der Waals surface area contributed by atoms with Crippen molar-refractivity contribution in [3.8, 4) is 5.75 Å². The van der Waals surface area contributed by atoms with E-state index in [1.165, 1.54) is 0 Å². The molecule has 2 N–H and O–H groups in total. The predicted octanol–water partition coefficient (Wildman–Crippen LogP) is 1.94. The topological polar surface area (TPSA) is 67.4 Å². The Morgan fingerprint density at radius 1 is 1.35 bits per heavy atom. The van der Waals surface area contributed by atoms with E-state index in [9.17, 15) is 9.59 Å². The van der Waals surface area contributed by atoms with Gasteiger partial charge >= 0.3 is 0 Å². The summed E-state index contributed by atoms with van der Waals surface area (Å²) >= 11 is 0. The first-order valence-corrected chi connectivity index (χ1v) is 7.00. The lowest BCUT2D eigenvalue weighted by molar-refractivity contribution is -0.127. The zero-order valence-electron chi connectivity index (χ0n) is 11.8. The highest BCUT2D eigenvalue weighted by Crippen LogP contribution is 2.28. The summed E-state index contributed by atoms with van der Waals surface area (Å²) in [5, 5.41) is 5.57. The van der Waals surface area contributed by atoms with Gasteiger partial charge in [-0.2, -0.15) is 0 Å². The molecule has 0 spiro atoms. The third-order valence-electron chi connectivity index (χ3n) is 3.52. The Bertz CT molecular complexity index is 498. The first kappa shape index (κ1) is 14.4. The average Bonchev–Trinajstić information content (AvgIpc) is 2.46. The van der Waals surface area contributed by atoms with Crippen molar-refractivity contribution in [2.45, 2.75) is 32.8 Å². The Morgan fingerprint density at radius 2 is 2.05 bits per heavy atom. The third kappa shape index (κ3) is 3.10. The lowest BCUT2D eigenvalue weighted by Gasteiger charge is -2.26. The standard InChI is InChI=1S/C15H20N2O3/c1-3-10(4-2)14(18)16-9-13-15(19)17-11-7-5-6-8-12(11)20-13/h5-8,10,13H,3-4,9H2,1-2H3,(H,16,18)(H,17,19).